The minimum Gasteiger partial charge on any atom is -0.373 e. The first-order chi connectivity index (χ1) is 16.1. The highest BCUT2D eigenvalue weighted by Crippen LogP contribution is 2.34. The Morgan fingerprint density at radius 2 is 1.97 bits per heavy atom. The van der Waals surface area contributed by atoms with Gasteiger partial charge in [-0.25, -0.2) is 4.98 Å². The van der Waals surface area contributed by atoms with E-state index in [0.717, 1.165) is 35.1 Å². The van der Waals surface area contributed by atoms with Crippen molar-refractivity contribution in [1.82, 2.24) is 14.9 Å². The van der Waals surface area contributed by atoms with Crippen molar-refractivity contribution in [1.29, 1.82) is 5.26 Å². The van der Waals surface area contributed by atoms with E-state index >= 15 is 0 Å². The van der Waals surface area contributed by atoms with Gasteiger partial charge in [0.05, 0.1) is 30.2 Å². The average molecular weight is 442 g/mol. The number of anilines is 1. The van der Waals surface area contributed by atoms with Crippen LogP contribution in [0.5, 0.6) is 0 Å². The number of rotatable bonds is 6. The molecule has 2 bridgehead atoms. The molecule has 2 fully saturated rings. The van der Waals surface area contributed by atoms with E-state index in [2.05, 4.69) is 33.1 Å². The van der Waals surface area contributed by atoms with Gasteiger partial charge in [0.2, 0.25) is 5.91 Å². The molecular formula is C26H27N5O2. The molecule has 3 aromatic rings. The molecule has 0 N–H and O–H groups in total. The Kier molecular flexibility index (Phi) is 5.93. The SMILES string of the molecule is CC(OCCC(=O)N1CC2CCC(C1)N2c1ccc(C#N)cn1)c1cccc2ncccc12. The van der Waals surface area contributed by atoms with E-state index in [0.29, 0.717) is 31.7 Å². The van der Waals surface area contributed by atoms with Crippen LogP contribution in [0.4, 0.5) is 5.82 Å². The molecule has 7 nitrogen and oxygen atoms in total. The van der Waals surface area contributed by atoms with E-state index in [1.165, 1.54) is 0 Å². The van der Waals surface area contributed by atoms with Gasteiger partial charge in [-0.2, -0.15) is 5.26 Å². The number of benzene rings is 1. The maximum atomic E-state index is 12.9. The first-order valence-corrected chi connectivity index (χ1v) is 11.5. The smallest absolute Gasteiger partial charge is 0.225 e. The minimum absolute atomic E-state index is 0.110. The maximum absolute atomic E-state index is 12.9. The van der Waals surface area contributed by atoms with E-state index in [1.807, 2.05) is 42.2 Å². The summed E-state index contributed by atoms with van der Waals surface area (Å²) in [6.07, 6.45) is 5.79. The van der Waals surface area contributed by atoms with Crippen LogP contribution in [-0.2, 0) is 9.53 Å². The van der Waals surface area contributed by atoms with Crippen LogP contribution in [0.1, 0.15) is 43.4 Å². The van der Waals surface area contributed by atoms with Gasteiger partial charge in [0, 0.05) is 43.0 Å². The van der Waals surface area contributed by atoms with Crippen LogP contribution >= 0.6 is 0 Å². The number of hydrogen-bond donors (Lipinski definition) is 0. The van der Waals surface area contributed by atoms with E-state index < -0.39 is 0 Å². The number of nitrogens with zero attached hydrogens (tertiary/aromatic N) is 5. The summed E-state index contributed by atoms with van der Waals surface area (Å²) in [6, 6.07) is 16.4. The third kappa shape index (κ3) is 4.27. The van der Waals surface area contributed by atoms with Gasteiger partial charge in [0.25, 0.3) is 0 Å². The van der Waals surface area contributed by atoms with Crippen molar-refractivity contribution in [2.75, 3.05) is 24.6 Å². The molecule has 0 spiro atoms. The zero-order valence-electron chi connectivity index (χ0n) is 18.7. The zero-order chi connectivity index (χ0) is 22.8. The van der Waals surface area contributed by atoms with Crippen molar-refractivity contribution in [3.05, 3.63) is 66.0 Å². The number of amides is 1. The van der Waals surface area contributed by atoms with Crippen molar-refractivity contribution in [2.24, 2.45) is 0 Å². The van der Waals surface area contributed by atoms with Gasteiger partial charge < -0.3 is 14.5 Å². The number of piperazine rings is 1. The zero-order valence-corrected chi connectivity index (χ0v) is 18.7. The third-order valence-corrected chi connectivity index (χ3v) is 6.78. The normalized spacial score (nSPS) is 20.6. The van der Waals surface area contributed by atoms with Gasteiger partial charge >= 0.3 is 0 Å². The largest absolute Gasteiger partial charge is 0.373 e. The van der Waals surface area contributed by atoms with Crippen LogP contribution in [0.2, 0.25) is 0 Å². The maximum Gasteiger partial charge on any atom is 0.225 e. The van der Waals surface area contributed by atoms with Crippen LogP contribution < -0.4 is 4.90 Å². The summed E-state index contributed by atoms with van der Waals surface area (Å²) < 4.78 is 6.06. The van der Waals surface area contributed by atoms with Gasteiger partial charge in [0.15, 0.2) is 0 Å². The molecule has 168 valence electrons. The topological polar surface area (TPSA) is 82.4 Å². The van der Waals surface area contributed by atoms with E-state index in [1.54, 1.807) is 12.4 Å². The summed E-state index contributed by atoms with van der Waals surface area (Å²) in [7, 11) is 0. The second-order valence-electron chi connectivity index (χ2n) is 8.79. The molecule has 2 aliphatic rings. The van der Waals surface area contributed by atoms with Gasteiger partial charge in [-0.05, 0) is 49.6 Å². The summed E-state index contributed by atoms with van der Waals surface area (Å²) in [5.41, 5.74) is 2.61. The predicted octanol–water partition coefficient (Wildman–Crippen LogP) is 3.85. The fourth-order valence-electron chi connectivity index (χ4n) is 5.14. The second kappa shape index (κ2) is 9.16. The fraction of sp³-hybridized carbons (Fsp3) is 0.385. The number of aromatic nitrogens is 2. The molecule has 0 saturated carbocycles. The number of likely N-dealkylation sites (tertiary alicyclic amines) is 1. The lowest BCUT2D eigenvalue weighted by Crippen LogP contribution is -2.55. The Bertz CT molecular complexity index is 1170. The number of hydrogen-bond acceptors (Lipinski definition) is 6. The lowest BCUT2D eigenvalue weighted by atomic mass is 10.0. The monoisotopic (exact) mass is 441 g/mol. The lowest BCUT2D eigenvalue weighted by molar-refractivity contribution is -0.133. The molecule has 2 aromatic heterocycles. The van der Waals surface area contributed by atoms with Crippen molar-refractivity contribution >= 4 is 22.6 Å². The van der Waals surface area contributed by atoms with Crippen LogP contribution in [0.15, 0.2) is 54.9 Å². The molecule has 2 saturated heterocycles. The molecule has 7 heteroatoms. The molecule has 3 unspecified atom stereocenters. The predicted molar refractivity (Wildman–Crippen MR) is 126 cm³/mol. The Morgan fingerprint density at radius 3 is 2.70 bits per heavy atom. The molecular weight excluding hydrogens is 414 g/mol. The van der Waals surface area contributed by atoms with Crippen molar-refractivity contribution in [2.45, 2.75) is 44.4 Å². The molecule has 1 aromatic carbocycles. The second-order valence-corrected chi connectivity index (χ2v) is 8.79. The highest BCUT2D eigenvalue weighted by Gasteiger charge is 2.41. The standard InChI is InChI=1S/C26H27N5O2/c1-18(22-4-2-6-24-23(22)5-3-12-28-24)33-13-11-26(32)30-16-20-8-9-21(17-30)31(20)25-10-7-19(14-27)15-29-25/h2-7,10,12,15,18,20-21H,8-9,11,13,16-17H2,1H3. The highest BCUT2D eigenvalue weighted by molar-refractivity contribution is 5.82. The number of ether oxygens (including phenoxy) is 1. The van der Waals surface area contributed by atoms with Gasteiger partial charge in [-0.1, -0.05) is 18.2 Å². The third-order valence-electron chi connectivity index (χ3n) is 6.78. The summed E-state index contributed by atoms with van der Waals surface area (Å²) >= 11 is 0. The summed E-state index contributed by atoms with van der Waals surface area (Å²) in [6.45, 7) is 3.84. The van der Waals surface area contributed by atoms with Crippen molar-refractivity contribution < 1.29 is 9.53 Å². The van der Waals surface area contributed by atoms with E-state index in [4.69, 9.17) is 10.00 Å². The summed E-state index contributed by atoms with van der Waals surface area (Å²) in [5.74, 6) is 1.04. The Labute approximate surface area is 193 Å². The van der Waals surface area contributed by atoms with Crippen molar-refractivity contribution in [3.8, 4) is 6.07 Å². The summed E-state index contributed by atoms with van der Waals surface area (Å²) in [5, 5.41) is 10.1. The number of nitriles is 1. The quantitative estimate of drug-likeness (QED) is 0.578. The molecule has 33 heavy (non-hydrogen) atoms. The Hall–Kier alpha value is -3.50. The molecule has 0 aliphatic carbocycles. The first kappa shape index (κ1) is 21.4. The molecule has 2 aliphatic heterocycles. The van der Waals surface area contributed by atoms with Crippen LogP contribution in [0, 0.1) is 11.3 Å². The van der Waals surface area contributed by atoms with Gasteiger partial charge in [-0.3, -0.25) is 9.78 Å². The van der Waals surface area contributed by atoms with Crippen LogP contribution in [0.3, 0.4) is 0 Å². The average Bonchev–Trinajstić information content (AvgIpc) is 3.12. The van der Waals surface area contributed by atoms with Crippen LogP contribution in [0.25, 0.3) is 10.9 Å². The molecule has 0 radical (unpaired) electrons. The molecule has 5 rings (SSSR count). The fourth-order valence-corrected chi connectivity index (χ4v) is 5.14. The number of carbonyl (C=O) groups is 1. The molecule has 1 amide bonds. The Morgan fingerprint density at radius 1 is 1.15 bits per heavy atom. The number of fused-ring (bicyclic) bond motifs is 3. The summed E-state index contributed by atoms with van der Waals surface area (Å²) in [4.78, 5) is 26.1. The van der Waals surface area contributed by atoms with Crippen molar-refractivity contribution in [3.63, 3.8) is 0 Å². The number of pyridine rings is 2. The van der Waals surface area contributed by atoms with E-state index in [9.17, 15) is 4.79 Å². The van der Waals surface area contributed by atoms with Gasteiger partial charge in [0.1, 0.15) is 11.9 Å². The Balaban J connectivity index is 1.16. The van der Waals surface area contributed by atoms with Gasteiger partial charge in [-0.15, -0.1) is 0 Å². The van der Waals surface area contributed by atoms with Crippen LogP contribution in [-0.4, -0.2) is 52.6 Å². The molecule has 3 atom stereocenters. The lowest BCUT2D eigenvalue weighted by Gasteiger charge is -2.41. The minimum atomic E-state index is -0.110. The molecule has 4 heterocycles. The van der Waals surface area contributed by atoms with E-state index in [-0.39, 0.29) is 24.1 Å². The first-order valence-electron chi connectivity index (χ1n) is 11.5. The number of carbonyl (C=O) groups excluding carboxylic acids is 1. The highest BCUT2D eigenvalue weighted by atomic mass is 16.5.